The molecule has 46 valence electrons. The lowest BCUT2D eigenvalue weighted by atomic mass is 10.5. The number of aliphatic carboxylic acids is 1. The number of hydrogen-bond acceptors (Lipinski definition) is 2. The van der Waals surface area contributed by atoms with E-state index >= 15 is 0 Å². The Kier molecular flexibility index (Phi) is 3.19. The molecule has 0 aromatic rings. The SMILES string of the molecule is [CH]CN(C)CC(=O)O. The predicted molar refractivity (Wildman–Crippen MR) is 29.4 cm³/mol. The summed E-state index contributed by atoms with van der Waals surface area (Å²) in [5.41, 5.74) is 0. The smallest absolute Gasteiger partial charge is 0.317 e. The summed E-state index contributed by atoms with van der Waals surface area (Å²) in [5, 5.41) is 8.12. The first-order valence-electron chi connectivity index (χ1n) is 2.27. The average molecular weight is 115 g/mol. The Morgan fingerprint density at radius 2 is 2.38 bits per heavy atom. The zero-order valence-electron chi connectivity index (χ0n) is 4.79. The van der Waals surface area contributed by atoms with Crippen molar-refractivity contribution in [2.45, 2.75) is 0 Å². The summed E-state index contributed by atoms with van der Waals surface area (Å²) in [6.45, 7) is 5.38. The Morgan fingerprint density at radius 1 is 1.88 bits per heavy atom. The Hall–Kier alpha value is -0.570. The van der Waals surface area contributed by atoms with E-state index in [0.29, 0.717) is 0 Å². The van der Waals surface area contributed by atoms with E-state index in [0.717, 1.165) is 0 Å². The lowest BCUT2D eigenvalue weighted by Gasteiger charge is -2.07. The molecule has 0 amide bonds. The van der Waals surface area contributed by atoms with Crippen LogP contribution in [-0.4, -0.2) is 36.1 Å². The number of carbonyl (C=O) groups is 1. The molecule has 3 nitrogen and oxygen atoms in total. The summed E-state index contributed by atoms with van der Waals surface area (Å²) in [4.78, 5) is 11.4. The third-order valence-corrected chi connectivity index (χ3v) is 0.717. The molecule has 0 aromatic heterocycles. The van der Waals surface area contributed by atoms with Gasteiger partial charge in [0.1, 0.15) is 0 Å². The van der Waals surface area contributed by atoms with Crippen LogP contribution < -0.4 is 0 Å². The number of rotatable bonds is 3. The lowest BCUT2D eigenvalue weighted by Crippen LogP contribution is -2.25. The molecule has 0 rings (SSSR count). The van der Waals surface area contributed by atoms with E-state index < -0.39 is 5.97 Å². The highest BCUT2D eigenvalue weighted by Gasteiger charge is 1.98. The zero-order valence-corrected chi connectivity index (χ0v) is 4.79. The highest BCUT2D eigenvalue weighted by molar-refractivity contribution is 5.68. The maximum Gasteiger partial charge on any atom is 0.317 e. The summed E-state index contributed by atoms with van der Waals surface area (Å²) in [6.07, 6.45) is 0. The highest BCUT2D eigenvalue weighted by Crippen LogP contribution is 1.76. The molecule has 0 heterocycles. The molecule has 3 heteroatoms. The fourth-order valence-electron chi connectivity index (χ4n) is 0.295. The summed E-state index contributed by atoms with van der Waals surface area (Å²) >= 11 is 0. The number of carboxylic acid groups (broad SMARTS) is 1. The van der Waals surface area contributed by atoms with Gasteiger partial charge in [-0.15, -0.1) is 0 Å². The topological polar surface area (TPSA) is 40.5 Å². The van der Waals surface area contributed by atoms with Crippen molar-refractivity contribution in [3.63, 3.8) is 0 Å². The highest BCUT2D eigenvalue weighted by atomic mass is 16.4. The second-order valence-electron chi connectivity index (χ2n) is 1.59. The molecule has 0 saturated carbocycles. The normalized spacial score (nSPS) is 9.88. The van der Waals surface area contributed by atoms with Crippen molar-refractivity contribution in [2.75, 3.05) is 20.1 Å². The van der Waals surface area contributed by atoms with Gasteiger partial charge in [0.15, 0.2) is 0 Å². The van der Waals surface area contributed by atoms with Gasteiger partial charge in [-0.05, 0) is 14.0 Å². The van der Waals surface area contributed by atoms with Crippen molar-refractivity contribution in [2.24, 2.45) is 0 Å². The first kappa shape index (κ1) is 7.43. The van der Waals surface area contributed by atoms with Crippen LogP contribution in [0, 0.1) is 6.92 Å². The van der Waals surface area contributed by atoms with Gasteiger partial charge in [0.2, 0.25) is 0 Å². The van der Waals surface area contributed by atoms with Crippen molar-refractivity contribution in [1.82, 2.24) is 4.90 Å². The van der Waals surface area contributed by atoms with Crippen LogP contribution in [0.5, 0.6) is 0 Å². The van der Waals surface area contributed by atoms with E-state index in [1.165, 1.54) is 4.90 Å². The molecule has 0 bridgehead atoms. The average Bonchev–Trinajstić information content (AvgIpc) is 1.65. The molecule has 0 aliphatic heterocycles. The van der Waals surface area contributed by atoms with E-state index in [4.69, 9.17) is 12.0 Å². The summed E-state index contributed by atoms with van der Waals surface area (Å²) in [6, 6.07) is 0. The Balaban J connectivity index is 3.24. The van der Waals surface area contributed by atoms with Gasteiger partial charge in [-0.1, -0.05) is 0 Å². The lowest BCUT2D eigenvalue weighted by molar-refractivity contribution is -0.137. The van der Waals surface area contributed by atoms with Crippen molar-refractivity contribution in [3.05, 3.63) is 6.92 Å². The van der Waals surface area contributed by atoms with Crippen molar-refractivity contribution in [1.29, 1.82) is 0 Å². The van der Waals surface area contributed by atoms with Gasteiger partial charge in [-0.3, -0.25) is 9.69 Å². The van der Waals surface area contributed by atoms with Crippen LogP contribution in [0.25, 0.3) is 0 Å². The quantitative estimate of drug-likeness (QED) is 0.549. The molecule has 0 spiro atoms. The summed E-state index contributed by atoms with van der Waals surface area (Å²) in [5.74, 6) is -0.849. The molecule has 0 aliphatic carbocycles. The second-order valence-corrected chi connectivity index (χ2v) is 1.59. The van der Waals surface area contributed by atoms with Gasteiger partial charge in [-0.25, -0.2) is 0 Å². The standard InChI is InChI=1S/C5H9NO2/c1-3-6(2)4-5(7)8/h1H,3-4H2,2H3,(H,7,8). The number of likely N-dealkylation sites (N-methyl/N-ethyl adjacent to an activating group) is 1. The Labute approximate surface area is 48.9 Å². The van der Waals surface area contributed by atoms with E-state index in [9.17, 15) is 4.79 Å². The van der Waals surface area contributed by atoms with Crippen molar-refractivity contribution < 1.29 is 9.90 Å². The van der Waals surface area contributed by atoms with Gasteiger partial charge in [0.25, 0.3) is 0 Å². The maximum absolute atomic E-state index is 9.87. The molecule has 2 radical (unpaired) electrons. The van der Waals surface area contributed by atoms with Crippen LogP contribution in [0.3, 0.4) is 0 Å². The van der Waals surface area contributed by atoms with Gasteiger partial charge >= 0.3 is 5.97 Å². The molecule has 8 heavy (non-hydrogen) atoms. The molecule has 0 atom stereocenters. The molecule has 0 unspecified atom stereocenters. The van der Waals surface area contributed by atoms with Crippen LogP contribution in [0.2, 0.25) is 0 Å². The molecule has 0 aliphatic rings. The minimum absolute atomic E-state index is 0.0104. The van der Waals surface area contributed by atoms with Crippen molar-refractivity contribution in [3.8, 4) is 0 Å². The minimum Gasteiger partial charge on any atom is -0.480 e. The van der Waals surface area contributed by atoms with Crippen LogP contribution >= 0.6 is 0 Å². The first-order chi connectivity index (χ1) is 3.66. The third kappa shape index (κ3) is 3.61. The number of hydrogen-bond donors (Lipinski definition) is 1. The van der Waals surface area contributed by atoms with E-state index in [-0.39, 0.29) is 13.1 Å². The minimum atomic E-state index is -0.849. The third-order valence-electron chi connectivity index (χ3n) is 0.717. The predicted octanol–water partition coefficient (Wildman–Crippen LogP) is -0.286. The number of carboxylic acids is 1. The number of nitrogens with zero attached hydrogens (tertiary/aromatic N) is 1. The molecular formula is C5H9NO2. The monoisotopic (exact) mass is 115 g/mol. The van der Waals surface area contributed by atoms with Gasteiger partial charge in [0, 0.05) is 6.54 Å². The molecule has 0 aromatic carbocycles. The fourth-order valence-corrected chi connectivity index (χ4v) is 0.295. The summed E-state index contributed by atoms with van der Waals surface area (Å²) < 4.78 is 0. The van der Waals surface area contributed by atoms with Crippen LogP contribution in [-0.2, 0) is 4.79 Å². The Bertz CT molecular complexity index is 82.5. The molecule has 0 saturated heterocycles. The van der Waals surface area contributed by atoms with E-state index in [1.54, 1.807) is 7.05 Å². The van der Waals surface area contributed by atoms with Gasteiger partial charge in [-0.2, -0.15) is 0 Å². The van der Waals surface area contributed by atoms with Crippen LogP contribution in [0.1, 0.15) is 0 Å². The second kappa shape index (κ2) is 3.43. The molecular weight excluding hydrogens is 106 g/mol. The molecule has 1 N–H and O–H groups in total. The Morgan fingerprint density at radius 3 is 2.50 bits per heavy atom. The van der Waals surface area contributed by atoms with Crippen molar-refractivity contribution >= 4 is 5.97 Å². The summed E-state index contributed by atoms with van der Waals surface area (Å²) in [7, 11) is 1.65. The fraction of sp³-hybridized carbons (Fsp3) is 0.600. The maximum atomic E-state index is 9.87. The van der Waals surface area contributed by atoms with Crippen LogP contribution in [0.4, 0.5) is 0 Å². The zero-order chi connectivity index (χ0) is 6.57. The van der Waals surface area contributed by atoms with Gasteiger partial charge in [0.05, 0.1) is 6.54 Å². The van der Waals surface area contributed by atoms with Gasteiger partial charge < -0.3 is 5.11 Å². The largest absolute Gasteiger partial charge is 0.480 e. The van der Waals surface area contributed by atoms with E-state index in [2.05, 4.69) is 0 Å². The van der Waals surface area contributed by atoms with E-state index in [1.807, 2.05) is 0 Å². The molecule has 0 fully saturated rings. The van der Waals surface area contributed by atoms with Crippen LogP contribution in [0.15, 0.2) is 0 Å². The first-order valence-corrected chi connectivity index (χ1v) is 2.27.